The molecule has 108 valence electrons. The molecule has 0 atom stereocenters. The van der Waals surface area contributed by atoms with Crippen LogP contribution in [0.1, 0.15) is 41.1 Å². The molecular formula is C17H19N3S. The van der Waals surface area contributed by atoms with Crippen LogP contribution in [0.2, 0.25) is 0 Å². The van der Waals surface area contributed by atoms with Gasteiger partial charge < -0.3 is 5.32 Å². The Kier molecular flexibility index (Phi) is 3.34. The lowest BCUT2D eigenvalue weighted by atomic mass is 10.1. The van der Waals surface area contributed by atoms with Crippen LogP contribution in [0.5, 0.6) is 0 Å². The first-order chi connectivity index (χ1) is 10.3. The Hall–Kier alpha value is -1.55. The fourth-order valence-electron chi connectivity index (χ4n) is 3.31. The molecule has 0 amide bonds. The van der Waals surface area contributed by atoms with Crippen LogP contribution in [-0.4, -0.2) is 16.5 Å². The van der Waals surface area contributed by atoms with Gasteiger partial charge in [0.05, 0.1) is 5.69 Å². The molecule has 2 aromatic rings. The average Bonchev–Trinajstić information content (AvgIpc) is 3.13. The van der Waals surface area contributed by atoms with Crippen molar-refractivity contribution in [3.8, 4) is 0 Å². The molecule has 0 saturated carbocycles. The van der Waals surface area contributed by atoms with Gasteiger partial charge in [-0.2, -0.15) is 11.8 Å². The van der Waals surface area contributed by atoms with Gasteiger partial charge in [0.25, 0.3) is 0 Å². The number of benzene rings is 1. The van der Waals surface area contributed by atoms with Crippen LogP contribution >= 0.6 is 11.8 Å². The maximum atomic E-state index is 4.89. The zero-order chi connectivity index (χ0) is 14.2. The van der Waals surface area contributed by atoms with E-state index in [4.69, 9.17) is 9.97 Å². The van der Waals surface area contributed by atoms with Gasteiger partial charge in [0.2, 0.25) is 0 Å². The van der Waals surface area contributed by atoms with Gasteiger partial charge in [-0.15, -0.1) is 0 Å². The second-order valence-corrected chi connectivity index (χ2v) is 6.74. The minimum atomic E-state index is 0.440. The molecule has 4 rings (SSSR count). The summed E-state index contributed by atoms with van der Waals surface area (Å²) in [7, 11) is 0. The smallest absolute Gasteiger partial charge is 0.134 e. The largest absolute Gasteiger partial charge is 0.370 e. The minimum absolute atomic E-state index is 0.440. The van der Waals surface area contributed by atoms with Gasteiger partial charge >= 0.3 is 0 Å². The van der Waals surface area contributed by atoms with Crippen molar-refractivity contribution in [1.29, 1.82) is 0 Å². The predicted molar refractivity (Wildman–Crippen MR) is 87.8 cm³/mol. The minimum Gasteiger partial charge on any atom is -0.370 e. The van der Waals surface area contributed by atoms with Crippen LogP contribution in [0.3, 0.4) is 0 Å². The Morgan fingerprint density at radius 3 is 2.62 bits per heavy atom. The second kappa shape index (κ2) is 5.34. The molecule has 1 aliphatic carbocycles. The van der Waals surface area contributed by atoms with E-state index < -0.39 is 0 Å². The normalized spacial score (nSPS) is 16.8. The van der Waals surface area contributed by atoms with E-state index in [9.17, 15) is 0 Å². The van der Waals surface area contributed by atoms with E-state index in [0.29, 0.717) is 5.92 Å². The molecule has 1 aliphatic heterocycles. The van der Waals surface area contributed by atoms with Gasteiger partial charge in [0, 0.05) is 29.5 Å². The zero-order valence-corrected chi connectivity index (χ0v) is 13.0. The summed E-state index contributed by atoms with van der Waals surface area (Å²) in [5.41, 5.74) is 5.50. The van der Waals surface area contributed by atoms with E-state index in [0.717, 1.165) is 42.5 Å². The highest BCUT2D eigenvalue weighted by molar-refractivity contribution is 7.98. The lowest BCUT2D eigenvalue weighted by molar-refractivity contribution is 0.677. The fraction of sp³-hybridized carbons (Fsp3) is 0.412. The van der Waals surface area contributed by atoms with Gasteiger partial charge in [-0.3, -0.25) is 0 Å². The Labute approximate surface area is 129 Å². The average molecular weight is 297 g/mol. The number of fused-ring (bicyclic) bond motifs is 2. The molecule has 0 fully saturated rings. The van der Waals surface area contributed by atoms with Crippen molar-refractivity contribution in [3.63, 3.8) is 0 Å². The van der Waals surface area contributed by atoms with E-state index >= 15 is 0 Å². The third kappa shape index (κ3) is 2.31. The van der Waals surface area contributed by atoms with Crippen LogP contribution in [0.4, 0.5) is 5.82 Å². The number of nitrogens with zero attached hydrogens (tertiary/aromatic N) is 2. The SMILES string of the molecule is CCNc1nc(C2Cc3ccccc3C2)nc2c1CSC2. The zero-order valence-electron chi connectivity index (χ0n) is 12.2. The Morgan fingerprint density at radius 2 is 1.90 bits per heavy atom. The number of aromatic nitrogens is 2. The summed E-state index contributed by atoms with van der Waals surface area (Å²) in [5.74, 6) is 4.61. The van der Waals surface area contributed by atoms with Crippen LogP contribution in [-0.2, 0) is 24.3 Å². The summed E-state index contributed by atoms with van der Waals surface area (Å²) in [6.45, 7) is 3.04. The maximum absolute atomic E-state index is 4.89. The lowest BCUT2D eigenvalue weighted by Gasteiger charge is -2.14. The van der Waals surface area contributed by atoms with Gasteiger partial charge in [-0.05, 0) is 30.9 Å². The first-order valence-corrected chi connectivity index (χ1v) is 8.78. The van der Waals surface area contributed by atoms with Crippen molar-refractivity contribution >= 4 is 17.6 Å². The molecule has 1 aromatic carbocycles. The van der Waals surface area contributed by atoms with E-state index in [-0.39, 0.29) is 0 Å². The molecule has 4 heteroatoms. The topological polar surface area (TPSA) is 37.8 Å². The molecule has 1 aromatic heterocycles. The van der Waals surface area contributed by atoms with Gasteiger partial charge in [-0.1, -0.05) is 24.3 Å². The number of rotatable bonds is 3. The lowest BCUT2D eigenvalue weighted by Crippen LogP contribution is -2.12. The summed E-state index contributed by atoms with van der Waals surface area (Å²) in [4.78, 5) is 9.75. The maximum Gasteiger partial charge on any atom is 0.134 e. The standard InChI is InChI=1S/C17H19N3S/c1-2-18-17-14-9-21-10-15(14)19-16(20-17)13-7-11-5-3-4-6-12(11)8-13/h3-6,13H,2,7-10H2,1H3,(H,18,19,20). The van der Waals surface area contributed by atoms with Crippen LogP contribution in [0, 0.1) is 0 Å². The number of nitrogens with one attached hydrogen (secondary N) is 1. The molecule has 2 heterocycles. The van der Waals surface area contributed by atoms with Crippen LogP contribution < -0.4 is 5.32 Å². The van der Waals surface area contributed by atoms with Crippen LogP contribution in [0.15, 0.2) is 24.3 Å². The molecule has 21 heavy (non-hydrogen) atoms. The summed E-state index contributed by atoms with van der Waals surface area (Å²) < 4.78 is 0. The molecule has 0 bridgehead atoms. The van der Waals surface area contributed by atoms with Crippen molar-refractivity contribution in [2.45, 2.75) is 37.2 Å². The summed E-state index contributed by atoms with van der Waals surface area (Å²) in [6, 6.07) is 8.74. The van der Waals surface area contributed by atoms with E-state index in [2.05, 4.69) is 36.5 Å². The third-order valence-corrected chi connectivity index (χ3v) is 5.33. The van der Waals surface area contributed by atoms with E-state index in [1.165, 1.54) is 22.4 Å². The Morgan fingerprint density at radius 1 is 1.14 bits per heavy atom. The van der Waals surface area contributed by atoms with Crippen molar-refractivity contribution in [3.05, 3.63) is 52.5 Å². The van der Waals surface area contributed by atoms with Gasteiger partial charge in [0.1, 0.15) is 11.6 Å². The summed E-state index contributed by atoms with van der Waals surface area (Å²) >= 11 is 1.94. The predicted octanol–water partition coefficient (Wildman–Crippen LogP) is 3.54. The third-order valence-electron chi connectivity index (χ3n) is 4.36. The fourth-order valence-corrected chi connectivity index (χ4v) is 4.35. The van der Waals surface area contributed by atoms with Crippen molar-refractivity contribution in [2.24, 2.45) is 0 Å². The van der Waals surface area contributed by atoms with Crippen molar-refractivity contribution in [2.75, 3.05) is 11.9 Å². The number of hydrogen-bond acceptors (Lipinski definition) is 4. The first kappa shape index (κ1) is 13.1. The van der Waals surface area contributed by atoms with Gasteiger partial charge in [-0.25, -0.2) is 9.97 Å². The van der Waals surface area contributed by atoms with E-state index in [1.54, 1.807) is 0 Å². The molecule has 2 aliphatic rings. The highest BCUT2D eigenvalue weighted by atomic mass is 32.2. The molecule has 0 radical (unpaired) electrons. The van der Waals surface area contributed by atoms with Crippen molar-refractivity contribution < 1.29 is 0 Å². The van der Waals surface area contributed by atoms with Crippen LogP contribution in [0.25, 0.3) is 0 Å². The molecule has 0 saturated heterocycles. The highest BCUT2D eigenvalue weighted by Gasteiger charge is 2.27. The molecule has 0 spiro atoms. The summed E-state index contributed by atoms with van der Waals surface area (Å²) in [6.07, 6.45) is 2.15. The molecule has 0 unspecified atom stereocenters. The molecule has 1 N–H and O–H groups in total. The number of anilines is 1. The Bertz CT molecular complexity index is 659. The summed E-state index contributed by atoms with van der Waals surface area (Å²) in [5, 5.41) is 3.43. The quantitative estimate of drug-likeness (QED) is 0.940. The molecule has 3 nitrogen and oxygen atoms in total. The first-order valence-electron chi connectivity index (χ1n) is 7.63. The number of hydrogen-bond donors (Lipinski definition) is 1. The Balaban J connectivity index is 1.69. The monoisotopic (exact) mass is 297 g/mol. The highest BCUT2D eigenvalue weighted by Crippen LogP contribution is 2.37. The second-order valence-electron chi connectivity index (χ2n) is 5.75. The van der Waals surface area contributed by atoms with E-state index in [1.807, 2.05) is 11.8 Å². The number of thioether (sulfide) groups is 1. The molecular weight excluding hydrogens is 278 g/mol. The van der Waals surface area contributed by atoms with Crippen molar-refractivity contribution in [1.82, 2.24) is 9.97 Å². The van der Waals surface area contributed by atoms with Gasteiger partial charge in [0.15, 0.2) is 0 Å².